The van der Waals surface area contributed by atoms with Gasteiger partial charge in [-0.1, -0.05) is 42.0 Å². The van der Waals surface area contributed by atoms with Crippen molar-refractivity contribution in [2.75, 3.05) is 0 Å². The highest BCUT2D eigenvalue weighted by atomic mass is 14.6. The van der Waals surface area contributed by atoms with Crippen LogP contribution in [0.2, 0.25) is 0 Å². The number of H-pyrrole nitrogens is 1. The Kier molecular flexibility index (Phi) is 2.93. The van der Waals surface area contributed by atoms with Crippen molar-refractivity contribution in [3.8, 4) is 0 Å². The number of nitrogens with one attached hydrogen (secondary N) is 1. The van der Waals surface area contributed by atoms with E-state index in [-0.39, 0.29) is 0 Å². The molecule has 0 aliphatic rings. The molecule has 1 nitrogen and oxygen atoms in total. The van der Waals surface area contributed by atoms with Crippen LogP contribution >= 0.6 is 0 Å². The summed E-state index contributed by atoms with van der Waals surface area (Å²) in [6.07, 6.45) is 8.08. The number of benzene rings is 1. The molecule has 0 spiro atoms. The Morgan fingerprint density at radius 2 is 1.33 bits per heavy atom. The molecular weight excluding hydrogens is 182 g/mol. The lowest BCUT2D eigenvalue weighted by molar-refractivity contribution is -0.378. The molecule has 0 aliphatic heterocycles. The van der Waals surface area contributed by atoms with Gasteiger partial charge in [-0.25, -0.2) is 4.98 Å². The maximum absolute atomic E-state index is 3.00. The van der Waals surface area contributed by atoms with Gasteiger partial charge >= 0.3 is 0 Å². The zero-order valence-electron chi connectivity index (χ0n) is 8.77. The van der Waals surface area contributed by atoms with E-state index in [1.807, 2.05) is 24.5 Å². The quantitative estimate of drug-likeness (QED) is 0.701. The van der Waals surface area contributed by atoms with Gasteiger partial charge in [0.2, 0.25) is 0 Å². The lowest BCUT2D eigenvalue weighted by Gasteiger charge is -1.94. The van der Waals surface area contributed by atoms with Crippen molar-refractivity contribution >= 4 is 12.2 Å². The number of aromatic amines is 1. The van der Waals surface area contributed by atoms with E-state index in [4.69, 9.17) is 0 Å². The van der Waals surface area contributed by atoms with Crippen molar-refractivity contribution in [3.63, 3.8) is 0 Å². The molecule has 2 aromatic rings. The van der Waals surface area contributed by atoms with E-state index in [0.717, 1.165) is 0 Å². The van der Waals surface area contributed by atoms with Crippen LogP contribution < -0.4 is 4.98 Å². The van der Waals surface area contributed by atoms with E-state index in [1.54, 1.807) is 0 Å². The van der Waals surface area contributed by atoms with Crippen molar-refractivity contribution in [3.05, 3.63) is 65.5 Å². The van der Waals surface area contributed by atoms with Crippen LogP contribution in [0.25, 0.3) is 12.2 Å². The Balaban J connectivity index is 2.15. The second-order valence-electron chi connectivity index (χ2n) is 3.58. The highest BCUT2D eigenvalue weighted by Gasteiger charge is 1.88. The molecule has 0 unspecified atom stereocenters. The number of pyridine rings is 1. The molecule has 2 rings (SSSR count). The van der Waals surface area contributed by atoms with E-state index >= 15 is 0 Å². The first kappa shape index (κ1) is 9.66. The van der Waals surface area contributed by atoms with Crippen molar-refractivity contribution in [2.24, 2.45) is 0 Å². The van der Waals surface area contributed by atoms with Gasteiger partial charge in [0.15, 0.2) is 12.4 Å². The zero-order chi connectivity index (χ0) is 10.5. The van der Waals surface area contributed by atoms with Crippen LogP contribution in [-0.2, 0) is 0 Å². The number of aromatic nitrogens is 1. The molecule has 0 fully saturated rings. The number of hydrogen-bond acceptors (Lipinski definition) is 0. The third-order valence-corrected chi connectivity index (χ3v) is 2.29. The van der Waals surface area contributed by atoms with E-state index in [0.29, 0.717) is 0 Å². The molecule has 0 saturated carbocycles. The van der Waals surface area contributed by atoms with Gasteiger partial charge in [-0.3, -0.25) is 0 Å². The SMILES string of the molecule is Cc1ccc(/C=C\c2cc[nH+]cc2)cc1. The Morgan fingerprint density at radius 3 is 1.93 bits per heavy atom. The minimum Gasteiger partial charge on any atom is -0.218 e. The normalized spacial score (nSPS) is 10.7. The number of hydrogen-bond donors (Lipinski definition) is 0. The topological polar surface area (TPSA) is 14.1 Å². The van der Waals surface area contributed by atoms with Gasteiger partial charge in [0.25, 0.3) is 0 Å². The molecule has 0 bridgehead atoms. The van der Waals surface area contributed by atoms with Gasteiger partial charge in [-0.15, -0.1) is 0 Å². The average Bonchev–Trinajstić information content (AvgIpc) is 2.30. The lowest BCUT2D eigenvalue weighted by atomic mass is 10.1. The van der Waals surface area contributed by atoms with E-state index < -0.39 is 0 Å². The molecule has 0 atom stereocenters. The second kappa shape index (κ2) is 4.56. The Bertz CT molecular complexity index is 441. The van der Waals surface area contributed by atoms with Crippen molar-refractivity contribution < 1.29 is 4.98 Å². The van der Waals surface area contributed by atoms with Crippen LogP contribution in [0.3, 0.4) is 0 Å². The fourth-order valence-corrected chi connectivity index (χ4v) is 1.38. The molecule has 1 aromatic heterocycles. The summed E-state index contributed by atoms with van der Waals surface area (Å²) >= 11 is 0. The molecule has 1 heteroatoms. The number of aryl methyl sites for hydroxylation is 1. The fraction of sp³-hybridized carbons (Fsp3) is 0.0714. The molecule has 0 amide bonds. The summed E-state index contributed by atoms with van der Waals surface area (Å²) in [5, 5.41) is 0. The average molecular weight is 196 g/mol. The number of rotatable bonds is 2. The Hall–Kier alpha value is -1.89. The maximum Gasteiger partial charge on any atom is 0.167 e. The van der Waals surface area contributed by atoms with Crippen LogP contribution in [0.15, 0.2) is 48.8 Å². The largest absolute Gasteiger partial charge is 0.218 e. The smallest absolute Gasteiger partial charge is 0.167 e. The molecule has 74 valence electrons. The zero-order valence-corrected chi connectivity index (χ0v) is 8.77. The highest BCUT2D eigenvalue weighted by molar-refractivity contribution is 5.69. The summed E-state index contributed by atoms with van der Waals surface area (Å²) in [6, 6.07) is 12.6. The molecule has 1 aromatic carbocycles. The Morgan fingerprint density at radius 1 is 0.800 bits per heavy atom. The predicted molar refractivity (Wildman–Crippen MR) is 63.1 cm³/mol. The summed E-state index contributed by atoms with van der Waals surface area (Å²) in [4.78, 5) is 3.00. The maximum atomic E-state index is 3.00. The second-order valence-corrected chi connectivity index (χ2v) is 3.58. The predicted octanol–water partition coefficient (Wildman–Crippen LogP) is 2.98. The molecule has 15 heavy (non-hydrogen) atoms. The van der Waals surface area contributed by atoms with E-state index in [9.17, 15) is 0 Å². The van der Waals surface area contributed by atoms with Crippen molar-refractivity contribution in [1.82, 2.24) is 0 Å². The van der Waals surface area contributed by atoms with E-state index in [1.165, 1.54) is 16.7 Å². The van der Waals surface area contributed by atoms with Gasteiger partial charge in [0.05, 0.1) is 0 Å². The summed E-state index contributed by atoms with van der Waals surface area (Å²) in [5.74, 6) is 0. The van der Waals surface area contributed by atoms with Gasteiger partial charge in [0, 0.05) is 12.1 Å². The molecule has 1 N–H and O–H groups in total. The Labute approximate surface area is 90.1 Å². The van der Waals surface area contributed by atoms with Crippen LogP contribution in [0.5, 0.6) is 0 Å². The summed E-state index contributed by atoms with van der Waals surface area (Å²) in [6.45, 7) is 2.10. The summed E-state index contributed by atoms with van der Waals surface area (Å²) in [7, 11) is 0. The third kappa shape index (κ3) is 2.78. The van der Waals surface area contributed by atoms with Crippen molar-refractivity contribution in [1.29, 1.82) is 0 Å². The highest BCUT2D eigenvalue weighted by Crippen LogP contribution is 2.08. The van der Waals surface area contributed by atoms with Crippen LogP contribution in [0.4, 0.5) is 0 Å². The summed E-state index contributed by atoms with van der Waals surface area (Å²) in [5.41, 5.74) is 3.73. The fourth-order valence-electron chi connectivity index (χ4n) is 1.38. The first-order chi connectivity index (χ1) is 7.34. The standard InChI is InChI=1S/C14H13N/c1-12-2-4-13(5-3-12)6-7-14-8-10-15-11-9-14/h2-11H,1H3/p+1/b7-6-. The summed E-state index contributed by atoms with van der Waals surface area (Å²) < 4.78 is 0. The molecular formula is C14H14N+. The first-order valence-electron chi connectivity index (χ1n) is 5.05. The van der Waals surface area contributed by atoms with Gasteiger partial charge in [-0.2, -0.15) is 0 Å². The van der Waals surface area contributed by atoms with Crippen LogP contribution in [0, 0.1) is 6.92 Å². The first-order valence-corrected chi connectivity index (χ1v) is 5.05. The monoisotopic (exact) mass is 196 g/mol. The lowest BCUT2D eigenvalue weighted by Crippen LogP contribution is -1.96. The van der Waals surface area contributed by atoms with Gasteiger partial charge < -0.3 is 0 Å². The minimum atomic E-state index is 1.20. The van der Waals surface area contributed by atoms with Crippen molar-refractivity contribution in [2.45, 2.75) is 6.92 Å². The van der Waals surface area contributed by atoms with E-state index in [2.05, 4.69) is 48.3 Å². The molecule has 1 heterocycles. The molecule has 0 radical (unpaired) electrons. The third-order valence-electron chi connectivity index (χ3n) is 2.29. The minimum absolute atomic E-state index is 1.20. The van der Waals surface area contributed by atoms with Crippen LogP contribution in [0.1, 0.15) is 16.7 Å². The molecule has 0 saturated heterocycles. The van der Waals surface area contributed by atoms with Gasteiger partial charge in [-0.05, 0) is 18.1 Å². The van der Waals surface area contributed by atoms with Crippen LogP contribution in [-0.4, -0.2) is 0 Å². The van der Waals surface area contributed by atoms with Gasteiger partial charge in [0.1, 0.15) is 0 Å². The molecule has 0 aliphatic carbocycles.